The Labute approximate surface area is 110 Å². The standard InChI is InChI=1S/C15H27NO2/c16-14(13-4-3-8-17-11-13)12-5-9-18-15(10-12)6-1-2-7-15/h12-14H,1-11,16H2. The molecule has 3 aliphatic rings. The maximum absolute atomic E-state index is 6.54. The average Bonchev–Trinajstić information content (AvgIpc) is 2.87. The van der Waals surface area contributed by atoms with Crippen molar-refractivity contribution in [1.29, 1.82) is 0 Å². The first kappa shape index (κ1) is 12.9. The van der Waals surface area contributed by atoms with Gasteiger partial charge >= 0.3 is 0 Å². The summed E-state index contributed by atoms with van der Waals surface area (Å²) in [6.07, 6.45) is 10.0. The van der Waals surface area contributed by atoms with Crippen LogP contribution in [0.4, 0.5) is 0 Å². The van der Waals surface area contributed by atoms with Gasteiger partial charge in [-0.2, -0.15) is 0 Å². The Morgan fingerprint density at radius 1 is 1.00 bits per heavy atom. The molecule has 0 radical (unpaired) electrons. The van der Waals surface area contributed by atoms with Crippen molar-refractivity contribution in [3.8, 4) is 0 Å². The highest BCUT2D eigenvalue weighted by Gasteiger charge is 2.42. The van der Waals surface area contributed by atoms with E-state index in [1.165, 1.54) is 44.9 Å². The third kappa shape index (κ3) is 2.59. The first-order chi connectivity index (χ1) is 8.79. The van der Waals surface area contributed by atoms with Gasteiger partial charge in [-0.3, -0.25) is 0 Å². The predicted molar refractivity (Wildman–Crippen MR) is 71.4 cm³/mol. The van der Waals surface area contributed by atoms with Gasteiger partial charge in [0, 0.05) is 19.3 Å². The highest BCUT2D eigenvalue weighted by molar-refractivity contribution is 4.95. The van der Waals surface area contributed by atoms with Crippen LogP contribution in [0.1, 0.15) is 51.4 Å². The topological polar surface area (TPSA) is 44.5 Å². The van der Waals surface area contributed by atoms with Crippen molar-refractivity contribution in [3.63, 3.8) is 0 Å². The van der Waals surface area contributed by atoms with E-state index in [2.05, 4.69) is 0 Å². The summed E-state index contributed by atoms with van der Waals surface area (Å²) in [5.74, 6) is 1.24. The number of nitrogens with two attached hydrogens (primary N) is 1. The lowest BCUT2D eigenvalue weighted by molar-refractivity contribution is -0.102. The number of ether oxygens (including phenoxy) is 2. The fourth-order valence-electron chi connectivity index (χ4n) is 4.22. The summed E-state index contributed by atoms with van der Waals surface area (Å²) < 4.78 is 11.7. The molecule has 104 valence electrons. The van der Waals surface area contributed by atoms with Gasteiger partial charge in [-0.1, -0.05) is 12.8 Å². The van der Waals surface area contributed by atoms with Gasteiger partial charge < -0.3 is 15.2 Å². The van der Waals surface area contributed by atoms with Crippen LogP contribution in [-0.2, 0) is 9.47 Å². The molecule has 2 N–H and O–H groups in total. The van der Waals surface area contributed by atoms with E-state index < -0.39 is 0 Å². The Bertz CT molecular complexity index is 270. The Morgan fingerprint density at radius 2 is 1.83 bits per heavy atom. The van der Waals surface area contributed by atoms with E-state index in [1.54, 1.807) is 0 Å². The summed E-state index contributed by atoms with van der Waals surface area (Å²) >= 11 is 0. The van der Waals surface area contributed by atoms with E-state index in [1.807, 2.05) is 0 Å². The first-order valence-corrected chi connectivity index (χ1v) is 7.76. The van der Waals surface area contributed by atoms with E-state index in [4.69, 9.17) is 15.2 Å². The fourth-order valence-corrected chi connectivity index (χ4v) is 4.22. The third-order valence-corrected chi connectivity index (χ3v) is 5.33. The van der Waals surface area contributed by atoms with Crippen molar-refractivity contribution in [2.45, 2.75) is 63.0 Å². The summed E-state index contributed by atoms with van der Waals surface area (Å²) in [7, 11) is 0. The molecule has 3 atom stereocenters. The molecule has 2 aliphatic heterocycles. The Balaban J connectivity index is 1.60. The van der Waals surface area contributed by atoms with Gasteiger partial charge in [0.15, 0.2) is 0 Å². The predicted octanol–water partition coefficient (Wildman–Crippen LogP) is 2.48. The molecule has 0 aromatic heterocycles. The third-order valence-electron chi connectivity index (χ3n) is 5.33. The normalized spacial score (nSPS) is 37.8. The van der Waals surface area contributed by atoms with Crippen LogP contribution in [0.5, 0.6) is 0 Å². The molecule has 0 amide bonds. The highest BCUT2D eigenvalue weighted by atomic mass is 16.5. The maximum atomic E-state index is 6.54. The quantitative estimate of drug-likeness (QED) is 0.822. The zero-order chi connectivity index (χ0) is 12.4. The monoisotopic (exact) mass is 253 g/mol. The van der Waals surface area contributed by atoms with Crippen molar-refractivity contribution < 1.29 is 9.47 Å². The maximum Gasteiger partial charge on any atom is 0.0685 e. The SMILES string of the molecule is NC(C1CCCOC1)C1CCOC2(CCCC2)C1. The molecule has 2 heterocycles. The van der Waals surface area contributed by atoms with Gasteiger partial charge in [0.2, 0.25) is 0 Å². The Morgan fingerprint density at radius 3 is 2.56 bits per heavy atom. The molecule has 3 rings (SSSR count). The summed E-state index contributed by atoms with van der Waals surface area (Å²) in [4.78, 5) is 0. The van der Waals surface area contributed by atoms with Crippen LogP contribution in [0, 0.1) is 11.8 Å². The molecular weight excluding hydrogens is 226 g/mol. The minimum atomic E-state index is 0.204. The summed E-state index contributed by atoms with van der Waals surface area (Å²) in [5, 5.41) is 0. The minimum absolute atomic E-state index is 0.204. The second-order valence-corrected chi connectivity index (χ2v) is 6.55. The van der Waals surface area contributed by atoms with Crippen LogP contribution in [0.3, 0.4) is 0 Å². The Kier molecular flexibility index (Phi) is 3.92. The van der Waals surface area contributed by atoms with Crippen LogP contribution in [-0.4, -0.2) is 31.5 Å². The zero-order valence-corrected chi connectivity index (χ0v) is 11.4. The van der Waals surface area contributed by atoms with Gasteiger partial charge in [0.05, 0.1) is 12.2 Å². The zero-order valence-electron chi connectivity index (χ0n) is 11.4. The molecule has 3 nitrogen and oxygen atoms in total. The molecule has 0 aromatic rings. The van der Waals surface area contributed by atoms with E-state index in [-0.39, 0.29) is 5.60 Å². The van der Waals surface area contributed by atoms with Crippen molar-refractivity contribution >= 4 is 0 Å². The first-order valence-electron chi connectivity index (χ1n) is 7.76. The molecule has 3 fully saturated rings. The van der Waals surface area contributed by atoms with Gasteiger partial charge in [0.1, 0.15) is 0 Å². The molecule has 3 heteroatoms. The number of hydrogen-bond donors (Lipinski definition) is 1. The summed E-state index contributed by atoms with van der Waals surface area (Å²) in [5.41, 5.74) is 6.74. The molecule has 2 saturated heterocycles. The van der Waals surface area contributed by atoms with Crippen LogP contribution < -0.4 is 5.73 Å². The van der Waals surface area contributed by atoms with E-state index in [9.17, 15) is 0 Å². The number of rotatable bonds is 2. The van der Waals surface area contributed by atoms with Crippen molar-refractivity contribution in [1.82, 2.24) is 0 Å². The van der Waals surface area contributed by atoms with Crippen molar-refractivity contribution in [3.05, 3.63) is 0 Å². The van der Waals surface area contributed by atoms with E-state index in [0.29, 0.717) is 17.9 Å². The van der Waals surface area contributed by atoms with Gasteiger partial charge in [-0.05, 0) is 50.4 Å². The molecule has 1 spiro atoms. The van der Waals surface area contributed by atoms with Crippen LogP contribution in [0.2, 0.25) is 0 Å². The largest absolute Gasteiger partial charge is 0.381 e. The van der Waals surface area contributed by atoms with E-state index >= 15 is 0 Å². The van der Waals surface area contributed by atoms with Gasteiger partial charge in [-0.25, -0.2) is 0 Å². The highest BCUT2D eigenvalue weighted by Crippen LogP contribution is 2.43. The minimum Gasteiger partial charge on any atom is -0.381 e. The van der Waals surface area contributed by atoms with Crippen LogP contribution in [0.15, 0.2) is 0 Å². The lowest BCUT2D eigenvalue weighted by Gasteiger charge is -2.42. The average molecular weight is 253 g/mol. The molecule has 1 aliphatic carbocycles. The lowest BCUT2D eigenvalue weighted by atomic mass is 9.76. The molecule has 18 heavy (non-hydrogen) atoms. The van der Waals surface area contributed by atoms with E-state index in [0.717, 1.165) is 26.2 Å². The molecule has 3 unspecified atom stereocenters. The molecular formula is C15H27NO2. The van der Waals surface area contributed by atoms with Crippen molar-refractivity contribution in [2.24, 2.45) is 17.6 Å². The van der Waals surface area contributed by atoms with Crippen LogP contribution in [0.25, 0.3) is 0 Å². The lowest BCUT2D eigenvalue weighted by Crippen LogP contribution is -2.48. The molecule has 0 bridgehead atoms. The van der Waals surface area contributed by atoms with Crippen LogP contribution >= 0.6 is 0 Å². The van der Waals surface area contributed by atoms with Gasteiger partial charge in [0.25, 0.3) is 0 Å². The van der Waals surface area contributed by atoms with Gasteiger partial charge in [-0.15, -0.1) is 0 Å². The second-order valence-electron chi connectivity index (χ2n) is 6.55. The smallest absolute Gasteiger partial charge is 0.0685 e. The number of hydrogen-bond acceptors (Lipinski definition) is 3. The molecule has 1 saturated carbocycles. The van der Waals surface area contributed by atoms with Crippen molar-refractivity contribution in [2.75, 3.05) is 19.8 Å². The summed E-state index contributed by atoms with van der Waals surface area (Å²) in [6.45, 7) is 2.73. The fraction of sp³-hybridized carbons (Fsp3) is 1.00. The second kappa shape index (κ2) is 5.48. The summed E-state index contributed by atoms with van der Waals surface area (Å²) in [6, 6.07) is 0.326. The Hall–Kier alpha value is -0.120. The molecule has 0 aromatic carbocycles.